The largest absolute Gasteiger partial charge is 0.480 e. The molecule has 8 heteroatoms. The van der Waals surface area contributed by atoms with Crippen LogP contribution in [0.3, 0.4) is 0 Å². The molecule has 2 aliphatic heterocycles. The van der Waals surface area contributed by atoms with Crippen LogP contribution in [0.1, 0.15) is 41.0 Å². The maximum absolute atomic E-state index is 12.7. The van der Waals surface area contributed by atoms with Gasteiger partial charge in [0.25, 0.3) is 11.8 Å². The fraction of sp³-hybridized carbons (Fsp3) is 0.400. The first-order valence-corrected chi connectivity index (χ1v) is 9.25. The van der Waals surface area contributed by atoms with Crippen molar-refractivity contribution in [2.24, 2.45) is 5.92 Å². The molecular formula is C20H23N3O5. The first-order valence-electron chi connectivity index (χ1n) is 9.25. The van der Waals surface area contributed by atoms with Gasteiger partial charge in [0.05, 0.1) is 11.1 Å². The number of rotatable bonds is 7. The Morgan fingerprint density at radius 2 is 1.68 bits per heavy atom. The lowest BCUT2D eigenvalue weighted by Crippen LogP contribution is -2.53. The van der Waals surface area contributed by atoms with Crippen LogP contribution in [0.4, 0.5) is 4.79 Å². The average Bonchev–Trinajstić information content (AvgIpc) is 2.89. The third kappa shape index (κ3) is 3.49. The molecule has 0 aromatic heterocycles. The maximum atomic E-state index is 12.7. The van der Waals surface area contributed by atoms with E-state index in [9.17, 15) is 24.3 Å². The summed E-state index contributed by atoms with van der Waals surface area (Å²) in [5.41, 5.74) is 0.800. The summed E-state index contributed by atoms with van der Waals surface area (Å²) >= 11 is 0. The second kappa shape index (κ2) is 7.84. The number of nitrogens with zero attached hydrogens (tertiary/aromatic N) is 3. The van der Waals surface area contributed by atoms with E-state index in [1.165, 1.54) is 20.9 Å². The van der Waals surface area contributed by atoms with E-state index >= 15 is 0 Å². The van der Waals surface area contributed by atoms with Crippen molar-refractivity contribution in [1.82, 2.24) is 14.7 Å². The SMILES string of the molecule is CC(C)C(C(=O)O)N1C=CCN(CCCN2C(=O)c3ccccc3C2=O)C1=O. The smallest absolute Gasteiger partial charge is 0.327 e. The monoisotopic (exact) mass is 385 g/mol. The number of carboxylic acids is 1. The Bertz CT molecular complexity index is 813. The highest BCUT2D eigenvalue weighted by Gasteiger charge is 2.36. The predicted molar refractivity (Wildman–Crippen MR) is 101 cm³/mol. The standard InChI is InChI=1S/C20H23N3O5/c1-13(2)16(19(26)27)22-11-5-9-21(20(22)28)10-6-12-23-17(24)14-7-3-4-8-15(14)18(23)25/h3-5,7-8,11,13,16H,6,9-10,12H2,1-2H3,(H,26,27). The Balaban J connectivity index is 1.61. The second-order valence-electron chi connectivity index (χ2n) is 7.21. The normalized spacial score (nSPS) is 17.5. The highest BCUT2D eigenvalue weighted by molar-refractivity contribution is 6.21. The molecule has 0 spiro atoms. The van der Waals surface area contributed by atoms with Crippen molar-refractivity contribution in [3.05, 3.63) is 47.7 Å². The fourth-order valence-corrected chi connectivity index (χ4v) is 3.58. The fourth-order valence-electron chi connectivity index (χ4n) is 3.58. The molecule has 1 N–H and O–H groups in total. The molecule has 1 aromatic rings. The molecule has 0 saturated carbocycles. The molecule has 0 saturated heterocycles. The van der Waals surface area contributed by atoms with Gasteiger partial charge in [0.15, 0.2) is 0 Å². The summed E-state index contributed by atoms with van der Waals surface area (Å²) in [4.78, 5) is 53.0. The molecule has 2 aliphatic rings. The van der Waals surface area contributed by atoms with E-state index in [0.29, 0.717) is 30.6 Å². The topological polar surface area (TPSA) is 98.2 Å². The molecule has 0 fully saturated rings. The van der Waals surface area contributed by atoms with Crippen LogP contribution < -0.4 is 0 Å². The zero-order valence-corrected chi connectivity index (χ0v) is 15.9. The number of carbonyl (C=O) groups is 4. The molecule has 4 amide bonds. The summed E-state index contributed by atoms with van der Waals surface area (Å²) in [6.45, 7) is 4.38. The summed E-state index contributed by atoms with van der Waals surface area (Å²) in [6.07, 6.45) is 3.67. The van der Waals surface area contributed by atoms with Crippen LogP contribution in [0.5, 0.6) is 0 Å². The van der Waals surface area contributed by atoms with E-state index in [1.54, 1.807) is 44.2 Å². The average molecular weight is 385 g/mol. The van der Waals surface area contributed by atoms with Gasteiger partial charge in [-0.25, -0.2) is 9.59 Å². The van der Waals surface area contributed by atoms with Crippen LogP contribution in [0, 0.1) is 5.92 Å². The lowest BCUT2D eigenvalue weighted by atomic mass is 10.0. The number of aliphatic carboxylic acids is 1. The lowest BCUT2D eigenvalue weighted by Gasteiger charge is -2.36. The number of hydrogen-bond donors (Lipinski definition) is 1. The Morgan fingerprint density at radius 3 is 2.21 bits per heavy atom. The molecular weight excluding hydrogens is 362 g/mol. The van der Waals surface area contributed by atoms with E-state index in [0.717, 1.165) is 0 Å². The number of fused-ring (bicyclic) bond motifs is 1. The molecule has 2 heterocycles. The van der Waals surface area contributed by atoms with Crippen LogP contribution >= 0.6 is 0 Å². The molecule has 0 radical (unpaired) electrons. The summed E-state index contributed by atoms with van der Waals surface area (Å²) < 4.78 is 0. The first-order chi connectivity index (χ1) is 13.3. The third-order valence-corrected chi connectivity index (χ3v) is 4.96. The van der Waals surface area contributed by atoms with E-state index in [-0.39, 0.29) is 30.3 Å². The number of urea groups is 1. The van der Waals surface area contributed by atoms with Gasteiger partial charge in [-0.05, 0) is 30.5 Å². The molecule has 3 rings (SSSR count). The molecule has 0 aliphatic carbocycles. The molecule has 0 bridgehead atoms. The lowest BCUT2D eigenvalue weighted by molar-refractivity contribution is -0.143. The minimum atomic E-state index is -1.05. The maximum Gasteiger partial charge on any atom is 0.327 e. The van der Waals surface area contributed by atoms with Gasteiger partial charge >= 0.3 is 12.0 Å². The number of imide groups is 1. The van der Waals surface area contributed by atoms with Crippen LogP contribution in [-0.4, -0.2) is 69.3 Å². The molecule has 1 atom stereocenters. The van der Waals surface area contributed by atoms with Gasteiger partial charge in [-0.15, -0.1) is 0 Å². The summed E-state index contributed by atoms with van der Waals surface area (Å²) in [5, 5.41) is 9.44. The number of benzene rings is 1. The van der Waals surface area contributed by atoms with Crippen LogP contribution in [0.15, 0.2) is 36.5 Å². The van der Waals surface area contributed by atoms with Crippen molar-refractivity contribution >= 4 is 23.8 Å². The van der Waals surface area contributed by atoms with E-state index in [2.05, 4.69) is 0 Å². The van der Waals surface area contributed by atoms with Gasteiger partial charge in [-0.2, -0.15) is 0 Å². The Kier molecular flexibility index (Phi) is 5.48. The van der Waals surface area contributed by atoms with E-state index in [4.69, 9.17) is 0 Å². The quantitative estimate of drug-likeness (QED) is 0.724. The van der Waals surface area contributed by atoms with Crippen molar-refractivity contribution in [2.45, 2.75) is 26.3 Å². The van der Waals surface area contributed by atoms with Crippen molar-refractivity contribution in [1.29, 1.82) is 0 Å². The number of amides is 4. The molecule has 1 unspecified atom stereocenters. The summed E-state index contributed by atoms with van der Waals surface area (Å²) in [5.74, 6) is -1.94. The van der Waals surface area contributed by atoms with E-state index < -0.39 is 12.0 Å². The van der Waals surface area contributed by atoms with Gasteiger partial charge < -0.3 is 10.0 Å². The van der Waals surface area contributed by atoms with Gasteiger partial charge in [-0.1, -0.05) is 26.0 Å². The van der Waals surface area contributed by atoms with Crippen LogP contribution in [-0.2, 0) is 4.79 Å². The van der Waals surface area contributed by atoms with Crippen LogP contribution in [0.25, 0.3) is 0 Å². The number of carbonyl (C=O) groups excluding carboxylic acids is 3. The Labute approximate surface area is 163 Å². The van der Waals surface area contributed by atoms with Crippen molar-refractivity contribution in [3.8, 4) is 0 Å². The van der Waals surface area contributed by atoms with Crippen molar-refractivity contribution < 1.29 is 24.3 Å². The summed E-state index contributed by atoms with van der Waals surface area (Å²) in [6, 6.07) is 5.37. The van der Waals surface area contributed by atoms with Gasteiger partial charge in [-0.3, -0.25) is 19.4 Å². The number of carboxylic acid groups (broad SMARTS) is 1. The highest BCUT2D eigenvalue weighted by Crippen LogP contribution is 2.23. The van der Waals surface area contributed by atoms with Crippen LogP contribution in [0.2, 0.25) is 0 Å². The summed E-state index contributed by atoms with van der Waals surface area (Å²) in [7, 11) is 0. The van der Waals surface area contributed by atoms with Crippen molar-refractivity contribution in [3.63, 3.8) is 0 Å². The van der Waals surface area contributed by atoms with Gasteiger partial charge in [0, 0.05) is 25.8 Å². The third-order valence-electron chi connectivity index (χ3n) is 4.96. The minimum Gasteiger partial charge on any atom is -0.480 e. The molecule has 28 heavy (non-hydrogen) atoms. The zero-order chi connectivity index (χ0) is 20.4. The Hall–Kier alpha value is -3.16. The molecule has 148 valence electrons. The first kappa shape index (κ1) is 19.6. The Morgan fingerprint density at radius 1 is 1.07 bits per heavy atom. The molecule has 8 nitrogen and oxygen atoms in total. The predicted octanol–water partition coefficient (Wildman–Crippen LogP) is 2.03. The highest BCUT2D eigenvalue weighted by atomic mass is 16.4. The minimum absolute atomic E-state index is 0.201. The van der Waals surface area contributed by atoms with Gasteiger partial charge in [0.1, 0.15) is 6.04 Å². The zero-order valence-electron chi connectivity index (χ0n) is 15.9. The van der Waals surface area contributed by atoms with Crippen molar-refractivity contribution in [2.75, 3.05) is 19.6 Å². The van der Waals surface area contributed by atoms with E-state index in [1.807, 2.05) is 0 Å². The molecule has 1 aromatic carbocycles. The second-order valence-corrected chi connectivity index (χ2v) is 7.21. The number of hydrogen-bond acceptors (Lipinski definition) is 4. The van der Waals surface area contributed by atoms with Gasteiger partial charge in [0.2, 0.25) is 0 Å².